The Hall–Kier alpha value is -2.21. The van der Waals surface area contributed by atoms with Crippen molar-refractivity contribution in [3.8, 4) is 11.1 Å². The van der Waals surface area contributed by atoms with Gasteiger partial charge in [-0.1, -0.05) is 18.2 Å². The second kappa shape index (κ2) is 6.70. The van der Waals surface area contributed by atoms with Crippen molar-refractivity contribution < 1.29 is 27.1 Å². The normalized spacial score (nSPS) is 10.8. The Balaban J connectivity index is 2.52. The van der Waals surface area contributed by atoms with E-state index in [9.17, 15) is 22.4 Å². The van der Waals surface area contributed by atoms with Gasteiger partial charge in [0.2, 0.25) is 0 Å². The van der Waals surface area contributed by atoms with Crippen molar-refractivity contribution in [2.75, 3.05) is 13.7 Å². The van der Waals surface area contributed by atoms with Crippen LogP contribution in [0.1, 0.15) is 15.9 Å². The first kappa shape index (κ1) is 16.2. The minimum absolute atomic E-state index is 0.0773. The fourth-order valence-electron chi connectivity index (χ4n) is 2.07. The largest absolute Gasteiger partial charge is 0.384 e. The first-order valence-corrected chi connectivity index (χ1v) is 6.40. The Kier molecular flexibility index (Phi) is 4.92. The van der Waals surface area contributed by atoms with Gasteiger partial charge in [0.25, 0.3) is 0 Å². The SMILES string of the molecule is COCCc1ccc(-c2ccc(C=O)c(F)c2F)c(F)c1F. The van der Waals surface area contributed by atoms with E-state index in [1.807, 2.05) is 0 Å². The Labute approximate surface area is 124 Å². The third-order valence-corrected chi connectivity index (χ3v) is 3.27. The molecule has 2 aromatic rings. The highest BCUT2D eigenvalue weighted by Gasteiger charge is 2.20. The smallest absolute Gasteiger partial charge is 0.169 e. The molecule has 0 saturated heterocycles. The summed E-state index contributed by atoms with van der Waals surface area (Å²) in [6.07, 6.45) is 0.299. The maximum absolute atomic E-state index is 14.1. The molecule has 0 unspecified atom stereocenters. The quantitative estimate of drug-likeness (QED) is 0.618. The van der Waals surface area contributed by atoms with Gasteiger partial charge >= 0.3 is 0 Å². The van der Waals surface area contributed by atoms with Crippen LogP contribution in [0.3, 0.4) is 0 Å². The Morgan fingerprint density at radius 2 is 1.50 bits per heavy atom. The van der Waals surface area contributed by atoms with E-state index in [-0.39, 0.29) is 24.9 Å². The Morgan fingerprint density at radius 3 is 2.09 bits per heavy atom. The molecule has 0 fully saturated rings. The van der Waals surface area contributed by atoms with Crippen LogP contribution in [0.5, 0.6) is 0 Å². The number of carbonyl (C=O) groups is 1. The molecule has 116 valence electrons. The van der Waals surface area contributed by atoms with Gasteiger partial charge in [0.05, 0.1) is 12.2 Å². The molecular formula is C16H12F4O2. The molecule has 22 heavy (non-hydrogen) atoms. The van der Waals surface area contributed by atoms with Crippen molar-refractivity contribution in [3.63, 3.8) is 0 Å². The van der Waals surface area contributed by atoms with E-state index in [0.717, 1.165) is 12.1 Å². The predicted octanol–water partition coefficient (Wildman–Crippen LogP) is 3.91. The first-order valence-electron chi connectivity index (χ1n) is 6.40. The van der Waals surface area contributed by atoms with Gasteiger partial charge in [0, 0.05) is 18.2 Å². The second-order valence-electron chi connectivity index (χ2n) is 4.59. The van der Waals surface area contributed by atoms with E-state index in [1.54, 1.807) is 0 Å². The van der Waals surface area contributed by atoms with Gasteiger partial charge in [0.15, 0.2) is 29.6 Å². The molecule has 0 spiro atoms. The fraction of sp³-hybridized carbons (Fsp3) is 0.188. The summed E-state index contributed by atoms with van der Waals surface area (Å²) >= 11 is 0. The maximum Gasteiger partial charge on any atom is 0.169 e. The summed E-state index contributed by atoms with van der Waals surface area (Å²) in [7, 11) is 1.43. The van der Waals surface area contributed by atoms with Gasteiger partial charge in [-0.3, -0.25) is 4.79 Å². The number of hydrogen-bond donors (Lipinski definition) is 0. The highest BCUT2D eigenvalue weighted by Crippen LogP contribution is 2.30. The molecule has 0 aliphatic heterocycles. The zero-order valence-corrected chi connectivity index (χ0v) is 11.6. The minimum Gasteiger partial charge on any atom is -0.384 e. The number of ether oxygens (including phenoxy) is 1. The first-order chi connectivity index (χ1) is 10.5. The van der Waals surface area contributed by atoms with Crippen molar-refractivity contribution in [1.82, 2.24) is 0 Å². The summed E-state index contributed by atoms with van der Waals surface area (Å²) in [6, 6.07) is 4.51. The lowest BCUT2D eigenvalue weighted by atomic mass is 9.99. The number of benzene rings is 2. The molecule has 0 aliphatic carbocycles. The number of rotatable bonds is 5. The number of hydrogen-bond acceptors (Lipinski definition) is 2. The van der Waals surface area contributed by atoms with Crippen LogP contribution in [0.15, 0.2) is 24.3 Å². The maximum atomic E-state index is 14.1. The standard InChI is InChI=1S/C16H12F4O2/c1-22-7-6-9-2-4-11(15(19)13(9)17)12-5-3-10(8-21)14(18)16(12)20/h2-5,8H,6-7H2,1H3. The molecule has 0 radical (unpaired) electrons. The molecule has 0 heterocycles. The molecule has 0 N–H and O–H groups in total. The highest BCUT2D eigenvalue weighted by molar-refractivity contribution is 5.78. The van der Waals surface area contributed by atoms with Crippen molar-refractivity contribution in [2.24, 2.45) is 0 Å². The summed E-state index contributed by atoms with van der Waals surface area (Å²) in [5.41, 5.74) is -1.27. The van der Waals surface area contributed by atoms with Gasteiger partial charge in [0.1, 0.15) is 0 Å². The summed E-state index contributed by atoms with van der Waals surface area (Å²) in [5.74, 6) is -5.19. The van der Waals surface area contributed by atoms with Crippen LogP contribution in [0, 0.1) is 23.3 Å². The lowest BCUT2D eigenvalue weighted by molar-refractivity contribution is 0.111. The van der Waals surface area contributed by atoms with Gasteiger partial charge in [-0.15, -0.1) is 0 Å². The highest BCUT2D eigenvalue weighted by atomic mass is 19.2. The topological polar surface area (TPSA) is 26.3 Å². The summed E-state index contributed by atoms with van der Waals surface area (Å²) < 4.78 is 60.3. The average Bonchev–Trinajstić information content (AvgIpc) is 2.52. The molecular weight excluding hydrogens is 300 g/mol. The van der Waals surface area contributed by atoms with Crippen LogP contribution < -0.4 is 0 Å². The van der Waals surface area contributed by atoms with E-state index in [0.29, 0.717) is 0 Å². The number of halogens is 4. The average molecular weight is 312 g/mol. The molecule has 0 amide bonds. The number of methoxy groups -OCH3 is 1. The van der Waals surface area contributed by atoms with Crippen molar-refractivity contribution in [1.29, 1.82) is 0 Å². The Morgan fingerprint density at radius 1 is 0.909 bits per heavy atom. The van der Waals surface area contributed by atoms with E-state index in [4.69, 9.17) is 4.74 Å². The molecule has 0 aliphatic rings. The molecule has 0 bridgehead atoms. The Bertz CT molecular complexity index is 714. The molecule has 0 aromatic heterocycles. The van der Waals surface area contributed by atoms with Gasteiger partial charge in [-0.25, -0.2) is 17.6 Å². The third kappa shape index (κ3) is 2.87. The number of carbonyl (C=O) groups excluding carboxylic acids is 1. The zero-order valence-electron chi connectivity index (χ0n) is 11.6. The summed E-state index contributed by atoms with van der Waals surface area (Å²) in [4.78, 5) is 10.5. The molecule has 0 saturated carbocycles. The van der Waals surface area contributed by atoms with Gasteiger partial charge < -0.3 is 4.74 Å². The monoisotopic (exact) mass is 312 g/mol. The van der Waals surface area contributed by atoms with E-state index in [2.05, 4.69) is 0 Å². The van der Waals surface area contributed by atoms with Crippen molar-refractivity contribution >= 4 is 6.29 Å². The summed E-state index contributed by atoms with van der Waals surface area (Å²) in [6.45, 7) is 0.201. The second-order valence-corrected chi connectivity index (χ2v) is 4.59. The molecule has 2 rings (SSSR count). The molecule has 2 aromatic carbocycles. The van der Waals surface area contributed by atoms with Crippen LogP contribution >= 0.6 is 0 Å². The van der Waals surface area contributed by atoms with E-state index >= 15 is 0 Å². The van der Waals surface area contributed by atoms with Crippen LogP contribution in [0.4, 0.5) is 17.6 Å². The van der Waals surface area contributed by atoms with Crippen molar-refractivity contribution in [2.45, 2.75) is 6.42 Å². The third-order valence-electron chi connectivity index (χ3n) is 3.27. The molecule has 0 atom stereocenters. The molecule has 6 heteroatoms. The predicted molar refractivity (Wildman–Crippen MR) is 72.7 cm³/mol. The minimum atomic E-state index is -1.40. The van der Waals surface area contributed by atoms with Crippen LogP contribution in [0.2, 0.25) is 0 Å². The van der Waals surface area contributed by atoms with E-state index in [1.165, 1.54) is 19.2 Å². The van der Waals surface area contributed by atoms with Crippen LogP contribution in [-0.2, 0) is 11.2 Å². The number of aldehydes is 1. The van der Waals surface area contributed by atoms with Crippen LogP contribution in [0.25, 0.3) is 11.1 Å². The van der Waals surface area contributed by atoms with Crippen molar-refractivity contribution in [3.05, 3.63) is 58.7 Å². The lowest BCUT2D eigenvalue weighted by Crippen LogP contribution is -2.03. The van der Waals surface area contributed by atoms with Crippen LogP contribution in [-0.4, -0.2) is 20.0 Å². The fourth-order valence-corrected chi connectivity index (χ4v) is 2.07. The summed E-state index contributed by atoms with van der Waals surface area (Å²) in [5, 5.41) is 0. The lowest BCUT2D eigenvalue weighted by Gasteiger charge is -2.10. The van der Waals surface area contributed by atoms with Gasteiger partial charge in [-0.05, 0) is 18.1 Å². The molecule has 2 nitrogen and oxygen atoms in total. The van der Waals surface area contributed by atoms with Gasteiger partial charge in [-0.2, -0.15) is 0 Å². The van der Waals surface area contributed by atoms with E-state index < -0.39 is 40.0 Å². The zero-order chi connectivity index (χ0) is 16.3.